The van der Waals surface area contributed by atoms with Crippen LogP contribution in [0.5, 0.6) is 0 Å². The largest absolute Gasteiger partial charge is 0.480 e. The van der Waals surface area contributed by atoms with Gasteiger partial charge in [-0.3, -0.25) is 14.9 Å². The number of carboxylic acids is 1. The number of hydrogen-bond donors (Lipinski definition) is 2. The van der Waals surface area contributed by atoms with Crippen LogP contribution in [-0.2, 0) is 4.79 Å². The summed E-state index contributed by atoms with van der Waals surface area (Å²) in [7, 11) is 0. The Morgan fingerprint density at radius 1 is 1.57 bits per heavy atom. The minimum atomic E-state index is -0.938. The number of anilines is 1. The van der Waals surface area contributed by atoms with E-state index >= 15 is 0 Å². The van der Waals surface area contributed by atoms with Gasteiger partial charge in [-0.15, -0.1) is 0 Å². The van der Waals surface area contributed by atoms with E-state index in [0.29, 0.717) is 24.2 Å². The lowest BCUT2D eigenvalue weighted by molar-refractivity contribution is -0.384. The first-order valence-corrected chi connectivity index (χ1v) is 6.31. The van der Waals surface area contributed by atoms with E-state index in [1.54, 1.807) is 4.90 Å². The van der Waals surface area contributed by atoms with Crippen LogP contribution >= 0.6 is 0 Å². The highest BCUT2D eigenvalue weighted by molar-refractivity contribution is 5.78. The molecule has 0 radical (unpaired) electrons. The Morgan fingerprint density at radius 3 is 3.10 bits per heavy atom. The highest BCUT2D eigenvalue weighted by atomic mass is 16.6. The third-order valence-corrected chi connectivity index (χ3v) is 3.31. The van der Waals surface area contributed by atoms with Crippen molar-refractivity contribution in [1.82, 2.24) is 10.3 Å². The van der Waals surface area contributed by atoms with Crippen molar-refractivity contribution in [3.8, 4) is 0 Å². The van der Waals surface area contributed by atoms with Crippen LogP contribution in [0.3, 0.4) is 0 Å². The van der Waals surface area contributed by atoms with Gasteiger partial charge < -0.3 is 19.7 Å². The van der Waals surface area contributed by atoms with Crippen molar-refractivity contribution in [2.45, 2.75) is 6.04 Å². The Balaban J connectivity index is 1.90. The summed E-state index contributed by atoms with van der Waals surface area (Å²) in [5.41, 5.74) is 0.747. The molecule has 1 aliphatic rings. The average Bonchev–Trinajstić information content (AvgIpc) is 2.90. The molecule has 9 nitrogen and oxygen atoms in total. The van der Waals surface area contributed by atoms with E-state index in [9.17, 15) is 14.9 Å². The van der Waals surface area contributed by atoms with E-state index in [2.05, 4.69) is 10.3 Å². The molecule has 110 valence electrons. The van der Waals surface area contributed by atoms with Gasteiger partial charge in [-0.25, -0.2) is 0 Å². The number of piperazine rings is 1. The maximum atomic E-state index is 11.0. The summed E-state index contributed by atoms with van der Waals surface area (Å²) in [4.78, 5) is 27.2. The van der Waals surface area contributed by atoms with Crippen molar-refractivity contribution in [3.63, 3.8) is 0 Å². The van der Waals surface area contributed by atoms with Gasteiger partial charge in [0, 0.05) is 31.8 Å². The standard InChI is InChI=1S/C12H12N4O5/c17-11(18)9-6-15(4-3-13-9)12-14-8-5-7(16(19)20)1-2-10(8)21-12/h1-2,5,9,13H,3-4,6H2,(H,17,18)/t9-/m0/s1. The zero-order valence-electron chi connectivity index (χ0n) is 10.9. The second kappa shape index (κ2) is 5.02. The number of nitrogens with one attached hydrogen (secondary N) is 1. The lowest BCUT2D eigenvalue weighted by Crippen LogP contribution is -2.54. The second-order valence-electron chi connectivity index (χ2n) is 4.70. The molecule has 1 atom stereocenters. The summed E-state index contributed by atoms with van der Waals surface area (Å²) < 4.78 is 5.54. The fourth-order valence-corrected chi connectivity index (χ4v) is 2.24. The summed E-state index contributed by atoms with van der Waals surface area (Å²) in [5.74, 6) is -0.938. The van der Waals surface area contributed by atoms with Gasteiger partial charge in [0.2, 0.25) is 0 Å². The Morgan fingerprint density at radius 2 is 2.38 bits per heavy atom. The lowest BCUT2D eigenvalue weighted by atomic mass is 10.2. The van der Waals surface area contributed by atoms with Crippen molar-refractivity contribution >= 4 is 28.8 Å². The summed E-state index contributed by atoms with van der Waals surface area (Å²) >= 11 is 0. The number of aromatic nitrogens is 1. The Bertz CT molecular complexity index is 713. The summed E-state index contributed by atoms with van der Waals surface area (Å²) in [6.07, 6.45) is 0. The molecule has 0 bridgehead atoms. The average molecular weight is 292 g/mol. The minimum Gasteiger partial charge on any atom is -0.480 e. The maximum Gasteiger partial charge on any atom is 0.322 e. The first kappa shape index (κ1) is 13.3. The number of fused-ring (bicyclic) bond motifs is 1. The van der Waals surface area contributed by atoms with Crippen molar-refractivity contribution in [3.05, 3.63) is 28.3 Å². The molecular formula is C12H12N4O5. The fourth-order valence-electron chi connectivity index (χ4n) is 2.24. The van der Waals surface area contributed by atoms with Gasteiger partial charge in [0.25, 0.3) is 11.7 Å². The number of carboxylic acid groups (broad SMARTS) is 1. The van der Waals surface area contributed by atoms with E-state index < -0.39 is 16.9 Å². The van der Waals surface area contributed by atoms with E-state index in [-0.39, 0.29) is 18.2 Å². The number of nitro groups is 1. The number of hydrogen-bond acceptors (Lipinski definition) is 7. The summed E-state index contributed by atoms with van der Waals surface area (Å²) in [6.45, 7) is 1.28. The maximum absolute atomic E-state index is 11.0. The molecule has 2 N–H and O–H groups in total. The Kier molecular flexibility index (Phi) is 3.18. The van der Waals surface area contributed by atoms with Gasteiger partial charge in [0.15, 0.2) is 5.58 Å². The van der Waals surface area contributed by atoms with E-state index in [1.807, 2.05) is 0 Å². The number of oxazole rings is 1. The molecule has 0 spiro atoms. The third kappa shape index (κ3) is 2.50. The van der Waals surface area contributed by atoms with Crippen molar-refractivity contribution < 1.29 is 19.2 Å². The number of rotatable bonds is 3. The first-order valence-electron chi connectivity index (χ1n) is 6.31. The molecular weight excluding hydrogens is 280 g/mol. The zero-order valence-corrected chi connectivity index (χ0v) is 10.9. The molecule has 21 heavy (non-hydrogen) atoms. The predicted molar refractivity (Wildman–Crippen MR) is 72.3 cm³/mol. The molecule has 1 aromatic carbocycles. The summed E-state index contributed by atoms with van der Waals surface area (Å²) in [5, 5.41) is 22.6. The van der Waals surface area contributed by atoms with E-state index in [1.165, 1.54) is 18.2 Å². The quantitative estimate of drug-likeness (QED) is 0.623. The Hall–Kier alpha value is -2.68. The molecule has 0 saturated carbocycles. The van der Waals surface area contributed by atoms with Crippen molar-refractivity contribution in [1.29, 1.82) is 0 Å². The number of carbonyl (C=O) groups is 1. The molecule has 2 aromatic rings. The van der Waals surface area contributed by atoms with Gasteiger partial charge in [0.1, 0.15) is 11.6 Å². The number of benzene rings is 1. The van der Waals surface area contributed by atoms with Crippen LogP contribution in [0.4, 0.5) is 11.7 Å². The highest BCUT2D eigenvalue weighted by Gasteiger charge is 2.27. The molecule has 1 fully saturated rings. The monoisotopic (exact) mass is 292 g/mol. The molecule has 1 aliphatic heterocycles. The van der Waals surface area contributed by atoms with E-state index in [0.717, 1.165) is 0 Å². The molecule has 0 aliphatic carbocycles. The Labute approximate surface area is 118 Å². The van der Waals surface area contributed by atoms with Crippen LogP contribution in [0, 0.1) is 10.1 Å². The summed E-state index contributed by atoms with van der Waals surface area (Å²) in [6, 6.07) is 3.75. The molecule has 2 heterocycles. The first-order chi connectivity index (χ1) is 10.0. The molecule has 0 unspecified atom stereocenters. The van der Waals surface area contributed by atoms with Gasteiger partial charge >= 0.3 is 5.97 Å². The van der Waals surface area contributed by atoms with Crippen LogP contribution in [0.2, 0.25) is 0 Å². The van der Waals surface area contributed by atoms with E-state index in [4.69, 9.17) is 9.52 Å². The fraction of sp³-hybridized carbons (Fsp3) is 0.333. The smallest absolute Gasteiger partial charge is 0.322 e. The molecule has 1 aromatic heterocycles. The van der Waals surface area contributed by atoms with Gasteiger partial charge in [0.05, 0.1) is 4.92 Å². The van der Waals surface area contributed by atoms with Crippen LogP contribution in [0.25, 0.3) is 11.1 Å². The van der Waals surface area contributed by atoms with Crippen LogP contribution in [-0.4, -0.2) is 46.7 Å². The van der Waals surface area contributed by atoms with Crippen LogP contribution in [0.1, 0.15) is 0 Å². The minimum absolute atomic E-state index is 0.0638. The number of nitrogens with zero attached hydrogens (tertiary/aromatic N) is 3. The van der Waals surface area contributed by atoms with Crippen molar-refractivity contribution in [2.24, 2.45) is 0 Å². The van der Waals surface area contributed by atoms with Gasteiger partial charge in [-0.05, 0) is 6.07 Å². The second-order valence-corrected chi connectivity index (χ2v) is 4.70. The normalized spacial score (nSPS) is 18.9. The zero-order chi connectivity index (χ0) is 15.0. The highest BCUT2D eigenvalue weighted by Crippen LogP contribution is 2.26. The third-order valence-electron chi connectivity index (χ3n) is 3.31. The van der Waals surface area contributed by atoms with Gasteiger partial charge in [-0.2, -0.15) is 4.98 Å². The molecule has 1 saturated heterocycles. The molecule has 9 heteroatoms. The number of nitro benzene ring substituents is 1. The van der Waals surface area contributed by atoms with Crippen LogP contribution in [0.15, 0.2) is 22.6 Å². The SMILES string of the molecule is O=C(O)[C@@H]1CN(c2nc3cc([N+](=O)[O-])ccc3o2)CCN1. The van der Waals surface area contributed by atoms with Gasteiger partial charge in [-0.1, -0.05) is 0 Å². The molecule has 0 amide bonds. The predicted octanol–water partition coefficient (Wildman–Crippen LogP) is 0.599. The van der Waals surface area contributed by atoms with Crippen molar-refractivity contribution in [2.75, 3.05) is 24.5 Å². The lowest BCUT2D eigenvalue weighted by Gasteiger charge is -2.30. The number of non-ortho nitro benzene ring substituents is 1. The number of aliphatic carboxylic acids is 1. The van der Waals surface area contributed by atoms with Crippen LogP contribution < -0.4 is 10.2 Å². The topological polar surface area (TPSA) is 122 Å². The molecule has 3 rings (SSSR count).